The lowest BCUT2D eigenvalue weighted by Gasteiger charge is -2.21. The molecular formula is C10H18ClN3S. The average Bonchev–Trinajstić information content (AvgIpc) is 2.67. The van der Waals surface area contributed by atoms with E-state index in [-0.39, 0.29) is 12.4 Å². The second-order valence-electron chi connectivity index (χ2n) is 4.14. The van der Waals surface area contributed by atoms with Gasteiger partial charge in [0.1, 0.15) is 0 Å². The average molecular weight is 248 g/mol. The Kier molecular flexibility index (Phi) is 4.37. The first kappa shape index (κ1) is 12.7. The summed E-state index contributed by atoms with van der Waals surface area (Å²) in [6.07, 6.45) is 3.21. The molecule has 1 saturated heterocycles. The highest BCUT2D eigenvalue weighted by Gasteiger charge is 2.27. The van der Waals surface area contributed by atoms with E-state index >= 15 is 0 Å². The van der Waals surface area contributed by atoms with E-state index in [1.165, 1.54) is 17.8 Å². The number of nitrogens with zero attached hydrogens (tertiary/aromatic N) is 2. The lowest BCUT2D eigenvalue weighted by Crippen LogP contribution is -2.28. The molecule has 0 aromatic carbocycles. The fourth-order valence-electron chi connectivity index (χ4n) is 1.99. The number of nitrogen functional groups attached to an aromatic ring is 1. The molecule has 0 aliphatic carbocycles. The van der Waals surface area contributed by atoms with Crippen LogP contribution in [0.25, 0.3) is 0 Å². The second-order valence-corrected chi connectivity index (χ2v) is 5.29. The lowest BCUT2D eigenvalue weighted by molar-refractivity contribution is 0.241. The number of thiazole rings is 1. The predicted octanol–water partition coefficient (Wildman–Crippen LogP) is 2.38. The highest BCUT2D eigenvalue weighted by atomic mass is 35.5. The van der Waals surface area contributed by atoms with Crippen LogP contribution in [0.5, 0.6) is 0 Å². The quantitative estimate of drug-likeness (QED) is 0.873. The third-order valence-corrected chi connectivity index (χ3v) is 4.01. The maximum atomic E-state index is 5.60. The molecule has 1 aromatic heterocycles. The van der Waals surface area contributed by atoms with Crippen LogP contribution in [0, 0.1) is 5.92 Å². The van der Waals surface area contributed by atoms with Crippen molar-refractivity contribution in [3.8, 4) is 0 Å². The number of likely N-dealkylation sites (tertiary alicyclic amines) is 1. The number of halogens is 1. The molecule has 1 aliphatic rings. The molecule has 2 rings (SSSR count). The van der Waals surface area contributed by atoms with Gasteiger partial charge in [0.25, 0.3) is 0 Å². The summed E-state index contributed by atoms with van der Waals surface area (Å²) in [5.41, 5.74) is 5.60. The SMILES string of the molecule is CC1CCN(Cc2cnc(N)s2)C1C.Cl. The first-order chi connectivity index (χ1) is 6.66. The van der Waals surface area contributed by atoms with Crippen LogP contribution in [0.3, 0.4) is 0 Å². The van der Waals surface area contributed by atoms with Crippen LogP contribution in [0.15, 0.2) is 6.20 Å². The van der Waals surface area contributed by atoms with Gasteiger partial charge in [-0.15, -0.1) is 23.7 Å². The van der Waals surface area contributed by atoms with Crippen LogP contribution >= 0.6 is 23.7 Å². The maximum Gasteiger partial charge on any atom is 0.180 e. The Labute approximate surface area is 101 Å². The van der Waals surface area contributed by atoms with Crippen molar-refractivity contribution in [1.29, 1.82) is 0 Å². The van der Waals surface area contributed by atoms with Crippen molar-refractivity contribution in [2.45, 2.75) is 32.9 Å². The summed E-state index contributed by atoms with van der Waals surface area (Å²) < 4.78 is 0. The topological polar surface area (TPSA) is 42.2 Å². The van der Waals surface area contributed by atoms with Crippen LogP contribution in [-0.2, 0) is 6.54 Å². The van der Waals surface area contributed by atoms with E-state index in [0.29, 0.717) is 11.2 Å². The summed E-state index contributed by atoms with van der Waals surface area (Å²) in [6.45, 7) is 6.86. The molecule has 2 unspecified atom stereocenters. The summed E-state index contributed by atoms with van der Waals surface area (Å²) in [6, 6.07) is 0.693. The van der Waals surface area contributed by atoms with Crippen molar-refractivity contribution in [3.05, 3.63) is 11.1 Å². The van der Waals surface area contributed by atoms with Crippen molar-refractivity contribution < 1.29 is 0 Å². The Balaban J connectivity index is 0.00000112. The molecule has 2 N–H and O–H groups in total. The molecule has 86 valence electrons. The number of hydrogen-bond donors (Lipinski definition) is 1. The molecule has 0 saturated carbocycles. The number of nitrogens with two attached hydrogens (primary N) is 1. The molecule has 2 atom stereocenters. The fraction of sp³-hybridized carbons (Fsp3) is 0.700. The normalized spacial score (nSPS) is 26.5. The Hall–Kier alpha value is -0.320. The van der Waals surface area contributed by atoms with Gasteiger partial charge in [-0.3, -0.25) is 4.90 Å². The first-order valence-corrected chi connectivity index (χ1v) is 5.92. The van der Waals surface area contributed by atoms with Crippen LogP contribution in [0.2, 0.25) is 0 Å². The molecule has 3 nitrogen and oxygen atoms in total. The van der Waals surface area contributed by atoms with E-state index in [0.717, 1.165) is 12.5 Å². The molecule has 0 amide bonds. The summed E-state index contributed by atoms with van der Waals surface area (Å²) in [4.78, 5) is 7.86. The van der Waals surface area contributed by atoms with E-state index in [1.807, 2.05) is 6.20 Å². The number of rotatable bonds is 2. The molecule has 0 radical (unpaired) electrons. The molecule has 0 bridgehead atoms. The highest BCUT2D eigenvalue weighted by Crippen LogP contribution is 2.26. The zero-order valence-electron chi connectivity index (χ0n) is 9.14. The van der Waals surface area contributed by atoms with Gasteiger partial charge in [-0.1, -0.05) is 6.92 Å². The van der Waals surface area contributed by atoms with Gasteiger partial charge in [0.05, 0.1) is 0 Å². The second kappa shape index (κ2) is 5.14. The molecule has 1 fully saturated rings. The van der Waals surface area contributed by atoms with Crippen LogP contribution in [0.4, 0.5) is 5.13 Å². The lowest BCUT2D eigenvalue weighted by atomic mass is 10.1. The van der Waals surface area contributed by atoms with Crippen molar-refractivity contribution in [2.75, 3.05) is 12.3 Å². The molecule has 1 aromatic rings. The zero-order chi connectivity index (χ0) is 10.1. The third-order valence-electron chi connectivity index (χ3n) is 3.20. The van der Waals surface area contributed by atoms with Gasteiger partial charge in [0.15, 0.2) is 5.13 Å². The van der Waals surface area contributed by atoms with Gasteiger partial charge in [-0.25, -0.2) is 4.98 Å². The van der Waals surface area contributed by atoms with E-state index in [1.54, 1.807) is 11.3 Å². The van der Waals surface area contributed by atoms with E-state index in [2.05, 4.69) is 23.7 Å². The van der Waals surface area contributed by atoms with Crippen LogP contribution < -0.4 is 5.73 Å². The summed E-state index contributed by atoms with van der Waals surface area (Å²) >= 11 is 1.60. The summed E-state index contributed by atoms with van der Waals surface area (Å²) in [5, 5.41) is 0.680. The number of anilines is 1. The number of aromatic nitrogens is 1. The zero-order valence-corrected chi connectivity index (χ0v) is 10.8. The van der Waals surface area contributed by atoms with Crippen molar-refractivity contribution in [3.63, 3.8) is 0 Å². The van der Waals surface area contributed by atoms with Gasteiger partial charge < -0.3 is 5.73 Å². The molecule has 15 heavy (non-hydrogen) atoms. The van der Waals surface area contributed by atoms with Gasteiger partial charge in [-0.2, -0.15) is 0 Å². The fourth-order valence-corrected chi connectivity index (χ4v) is 2.70. The van der Waals surface area contributed by atoms with Crippen LogP contribution in [0.1, 0.15) is 25.1 Å². The first-order valence-electron chi connectivity index (χ1n) is 5.11. The van der Waals surface area contributed by atoms with Gasteiger partial charge in [-0.05, 0) is 25.8 Å². The standard InChI is InChI=1S/C10H17N3S.ClH/c1-7-3-4-13(8(7)2)6-9-5-12-10(11)14-9;/h5,7-8H,3-4,6H2,1-2H3,(H2,11,12);1H. The molecule has 2 heterocycles. The Morgan fingerprint density at radius 3 is 2.80 bits per heavy atom. The molecule has 0 spiro atoms. The van der Waals surface area contributed by atoms with Gasteiger partial charge in [0, 0.05) is 23.7 Å². The predicted molar refractivity (Wildman–Crippen MR) is 67.4 cm³/mol. The molecule has 5 heteroatoms. The minimum Gasteiger partial charge on any atom is -0.375 e. The highest BCUT2D eigenvalue weighted by molar-refractivity contribution is 7.15. The minimum atomic E-state index is 0. The Morgan fingerprint density at radius 1 is 1.60 bits per heavy atom. The Morgan fingerprint density at radius 2 is 2.33 bits per heavy atom. The van der Waals surface area contributed by atoms with Crippen molar-refractivity contribution in [2.24, 2.45) is 5.92 Å². The Bertz CT molecular complexity index is 315. The largest absolute Gasteiger partial charge is 0.375 e. The van der Waals surface area contributed by atoms with Crippen molar-refractivity contribution >= 4 is 28.9 Å². The van der Waals surface area contributed by atoms with Crippen molar-refractivity contribution in [1.82, 2.24) is 9.88 Å². The van der Waals surface area contributed by atoms with E-state index in [9.17, 15) is 0 Å². The van der Waals surface area contributed by atoms with E-state index < -0.39 is 0 Å². The van der Waals surface area contributed by atoms with Crippen LogP contribution in [-0.4, -0.2) is 22.5 Å². The van der Waals surface area contributed by atoms with E-state index in [4.69, 9.17) is 5.73 Å². The van der Waals surface area contributed by atoms with Gasteiger partial charge >= 0.3 is 0 Å². The maximum absolute atomic E-state index is 5.60. The minimum absolute atomic E-state index is 0. The number of hydrogen-bond acceptors (Lipinski definition) is 4. The smallest absolute Gasteiger partial charge is 0.180 e. The van der Waals surface area contributed by atoms with Gasteiger partial charge in [0.2, 0.25) is 0 Å². The molecule has 1 aliphatic heterocycles. The summed E-state index contributed by atoms with van der Waals surface area (Å²) in [7, 11) is 0. The summed E-state index contributed by atoms with van der Waals surface area (Å²) in [5.74, 6) is 0.820. The monoisotopic (exact) mass is 247 g/mol. The third kappa shape index (κ3) is 2.83. The molecular weight excluding hydrogens is 230 g/mol.